The topological polar surface area (TPSA) is 58.0 Å². The van der Waals surface area contributed by atoms with Crippen LogP contribution in [0.4, 0.5) is 0 Å². The van der Waals surface area contributed by atoms with Crippen molar-refractivity contribution in [3.63, 3.8) is 0 Å². The summed E-state index contributed by atoms with van der Waals surface area (Å²) in [6, 6.07) is 8.96. The first kappa shape index (κ1) is 16.1. The second-order valence-electron chi connectivity index (χ2n) is 6.97. The van der Waals surface area contributed by atoms with Gasteiger partial charge in [0.05, 0.1) is 29.2 Å². The fraction of sp³-hybridized carbons (Fsp3) is 0.400. The zero-order chi connectivity index (χ0) is 17.4. The van der Waals surface area contributed by atoms with Crippen LogP contribution in [0.15, 0.2) is 35.0 Å². The van der Waals surface area contributed by atoms with Gasteiger partial charge in [-0.3, -0.25) is 10.00 Å². The Hall–Kier alpha value is -2.40. The molecule has 2 aromatic heterocycles. The average molecular weight is 336 g/mol. The Morgan fingerprint density at radius 2 is 2.08 bits per heavy atom. The minimum absolute atomic E-state index is 0.335. The molecule has 0 radical (unpaired) electrons. The van der Waals surface area contributed by atoms with Crippen molar-refractivity contribution >= 4 is 0 Å². The highest BCUT2D eigenvalue weighted by Gasteiger charge is 2.31. The number of hydrogen-bond donors (Lipinski definition) is 1. The molecule has 1 N–H and O–H groups in total. The van der Waals surface area contributed by atoms with Crippen molar-refractivity contribution in [3.05, 3.63) is 58.5 Å². The lowest BCUT2D eigenvalue weighted by molar-refractivity contribution is 0.244. The van der Waals surface area contributed by atoms with Gasteiger partial charge in [-0.25, -0.2) is 0 Å². The Bertz CT molecular complexity index is 879. The van der Waals surface area contributed by atoms with Crippen LogP contribution < -0.4 is 0 Å². The average Bonchev–Trinajstić information content (AvgIpc) is 3.31. The van der Waals surface area contributed by atoms with E-state index in [-0.39, 0.29) is 0 Å². The minimum Gasteiger partial charge on any atom is -0.356 e. The van der Waals surface area contributed by atoms with Crippen molar-refractivity contribution in [2.75, 3.05) is 6.54 Å². The number of hydrogen-bond acceptors (Lipinski definition) is 4. The molecule has 3 aromatic rings. The molecular weight excluding hydrogens is 312 g/mol. The first-order valence-corrected chi connectivity index (χ1v) is 8.90. The van der Waals surface area contributed by atoms with Crippen LogP contribution in [0.1, 0.15) is 47.0 Å². The summed E-state index contributed by atoms with van der Waals surface area (Å²) in [5.74, 6) is 0.837. The van der Waals surface area contributed by atoms with Crippen LogP contribution in [0.5, 0.6) is 0 Å². The summed E-state index contributed by atoms with van der Waals surface area (Å²) >= 11 is 0. The quantitative estimate of drug-likeness (QED) is 0.770. The van der Waals surface area contributed by atoms with E-state index >= 15 is 0 Å². The van der Waals surface area contributed by atoms with Gasteiger partial charge in [0, 0.05) is 12.1 Å². The third-order valence-electron chi connectivity index (χ3n) is 5.40. The molecule has 130 valence electrons. The Morgan fingerprint density at radius 3 is 2.84 bits per heavy atom. The Labute approximate surface area is 148 Å². The zero-order valence-electron chi connectivity index (χ0n) is 15.0. The molecule has 5 heteroatoms. The molecule has 4 rings (SSSR count). The largest absolute Gasteiger partial charge is 0.356 e. The minimum atomic E-state index is 0.335. The van der Waals surface area contributed by atoms with Crippen LogP contribution in [-0.4, -0.2) is 26.8 Å². The standard InChI is InChI=1S/C20H24N4O/c1-13-7-4-5-8-16(13)12-24-10-6-9-18(24)19-17(11-21-22-19)20-14(2)15(3)23-25-20/h4-5,7-8,11,18H,6,9-10,12H2,1-3H3,(H,21,22)/t18-/m1/s1. The van der Waals surface area contributed by atoms with Gasteiger partial charge in [-0.2, -0.15) is 5.10 Å². The Balaban J connectivity index is 1.65. The van der Waals surface area contributed by atoms with Gasteiger partial charge in [-0.1, -0.05) is 29.4 Å². The van der Waals surface area contributed by atoms with E-state index in [9.17, 15) is 0 Å². The van der Waals surface area contributed by atoms with Gasteiger partial charge in [-0.05, 0) is 51.3 Å². The molecule has 3 heterocycles. The van der Waals surface area contributed by atoms with Crippen LogP contribution in [0.2, 0.25) is 0 Å². The van der Waals surface area contributed by atoms with Crippen molar-refractivity contribution in [2.24, 2.45) is 0 Å². The molecule has 25 heavy (non-hydrogen) atoms. The maximum absolute atomic E-state index is 5.58. The molecule has 1 aliphatic heterocycles. The van der Waals surface area contributed by atoms with Gasteiger partial charge in [0.1, 0.15) is 0 Å². The van der Waals surface area contributed by atoms with E-state index in [1.54, 1.807) is 0 Å². The van der Waals surface area contributed by atoms with Crippen LogP contribution in [0, 0.1) is 20.8 Å². The number of rotatable bonds is 4. The molecule has 1 aliphatic rings. The molecule has 1 atom stereocenters. The lowest BCUT2D eigenvalue weighted by Gasteiger charge is -2.25. The van der Waals surface area contributed by atoms with E-state index in [4.69, 9.17) is 4.52 Å². The summed E-state index contributed by atoms with van der Waals surface area (Å²) < 4.78 is 5.58. The molecule has 0 spiro atoms. The summed E-state index contributed by atoms with van der Waals surface area (Å²) in [6.07, 6.45) is 4.20. The molecule has 0 unspecified atom stereocenters. The lowest BCUT2D eigenvalue weighted by Crippen LogP contribution is -2.23. The maximum atomic E-state index is 5.58. The predicted molar refractivity (Wildman–Crippen MR) is 97.1 cm³/mol. The van der Waals surface area contributed by atoms with Crippen LogP contribution >= 0.6 is 0 Å². The van der Waals surface area contributed by atoms with Gasteiger partial charge in [0.2, 0.25) is 0 Å². The van der Waals surface area contributed by atoms with Gasteiger partial charge in [0.15, 0.2) is 5.76 Å². The zero-order valence-corrected chi connectivity index (χ0v) is 15.0. The Kier molecular flexibility index (Phi) is 4.17. The number of aromatic nitrogens is 3. The van der Waals surface area contributed by atoms with Crippen LogP contribution in [0.3, 0.4) is 0 Å². The molecule has 1 saturated heterocycles. The Morgan fingerprint density at radius 1 is 1.24 bits per heavy atom. The summed E-state index contributed by atoms with van der Waals surface area (Å²) in [7, 11) is 0. The van der Waals surface area contributed by atoms with Gasteiger partial charge >= 0.3 is 0 Å². The lowest BCUT2D eigenvalue weighted by atomic mass is 10.0. The van der Waals surface area contributed by atoms with E-state index in [2.05, 4.69) is 58.4 Å². The van der Waals surface area contributed by atoms with Crippen molar-refractivity contribution in [3.8, 4) is 11.3 Å². The maximum Gasteiger partial charge on any atom is 0.173 e. The highest BCUT2D eigenvalue weighted by molar-refractivity contribution is 5.64. The second-order valence-corrected chi connectivity index (χ2v) is 6.97. The van der Waals surface area contributed by atoms with Crippen molar-refractivity contribution in [1.82, 2.24) is 20.3 Å². The van der Waals surface area contributed by atoms with Gasteiger partial charge < -0.3 is 4.52 Å². The van der Waals surface area contributed by atoms with Crippen molar-refractivity contribution in [1.29, 1.82) is 0 Å². The smallest absolute Gasteiger partial charge is 0.173 e. The molecule has 0 saturated carbocycles. The fourth-order valence-corrected chi connectivity index (χ4v) is 3.75. The first-order chi connectivity index (χ1) is 12.1. The SMILES string of the molecule is Cc1ccccc1CN1CCC[C@@H]1c1[nH]ncc1-c1onc(C)c1C. The highest BCUT2D eigenvalue weighted by atomic mass is 16.5. The van der Waals surface area contributed by atoms with Gasteiger partial charge in [-0.15, -0.1) is 0 Å². The third kappa shape index (κ3) is 2.89. The molecule has 5 nitrogen and oxygen atoms in total. The number of nitrogens with zero attached hydrogens (tertiary/aromatic N) is 3. The first-order valence-electron chi connectivity index (χ1n) is 8.90. The normalized spacial score (nSPS) is 18.1. The van der Waals surface area contributed by atoms with Crippen LogP contribution in [0.25, 0.3) is 11.3 Å². The molecule has 0 amide bonds. The van der Waals surface area contributed by atoms with E-state index < -0.39 is 0 Å². The van der Waals surface area contributed by atoms with Crippen molar-refractivity contribution < 1.29 is 4.52 Å². The number of H-pyrrole nitrogens is 1. The molecule has 1 fully saturated rings. The number of nitrogens with one attached hydrogen (secondary N) is 1. The summed E-state index contributed by atoms with van der Waals surface area (Å²) in [5, 5.41) is 11.7. The second kappa shape index (κ2) is 6.48. The number of benzene rings is 1. The fourth-order valence-electron chi connectivity index (χ4n) is 3.75. The summed E-state index contributed by atoms with van der Waals surface area (Å²) in [4.78, 5) is 2.54. The van der Waals surface area contributed by atoms with E-state index in [0.29, 0.717) is 6.04 Å². The van der Waals surface area contributed by atoms with Crippen molar-refractivity contribution in [2.45, 2.75) is 46.2 Å². The van der Waals surface area contributed by atoms with Gasteiger partial charge in [0.25, 0.3) is 0 Å². The van der Waals surface area contributed by atoms with Crippen LogP contribution in [-0.2, 0) is 6.54 Å². The monoisotopic (exact) mass is 336 g/mol. The molecular formula is C20H24N4O. The summed E-state index contributed by atoms with van der Waals surface area (Å²) in [6.45, 7) is 8.28. The molecule has 0 aliphatic carbocycles. The third-order valence-corrected chi connectivity index (χ3v) is 5.40. The predicted octanol–water partition coefficient (Wildman–Crippen LogP) is 4.33. The van der Waals surface area contributed by atoms with E-state index in [1.807, 2.05) is 13.1 Å². The van der Waals surface area contributed by atoms with E-state index in [1.165, 1.54) is 17.5 Å². The number of likely N-dealkylation sites (tertiary alicyclic amines) is 1. The molecule has 0 bridgehead atoms. The number of aromatic amines is 1. The number of aryl methyl sites for hydroxylation is 2. The highest BCUT2D eigenvalue weighted by Crippen LogP contribution is 2.38. The molecule has 1 aromatic carbocycles. The van der Waals surface area contributed by atoms with E-state index in [0.717, 1.165) is 47.8 Å². The summed E-state index contributed by atoms with van der Waals surface area (Å²) in [5.41, 5.74) is 6.95.